The second kappa shape index (κ2) is 5.50. The van der Waals surface area contributed by atoms with E-state index in [0.29, 0.717) is 11.2 Å². The van der Waals surface area contributed by atoms with E-state index in [1.807, 2.05) is 11.5 Å². The van der Waals surface area contributed by atoms with Gasteiger partial charge in [-0.1, -0.05) is 11.8 Å². The number of hydrogen-bond acceptors (Lipinski definition) is 5. The Labute approximate surface area is 103 Å². The lowest BCUT2D eigenvalue weighted by molar-refractivity contribution is -0.133. The van der Waals surface area contributed by atoms with Crippen molar-refractivity contribution in [3.8, 4) is 0 Å². The monoisotopic (exact) mass is 257 g/mol. The third-order valence-corrected chi connectivity index (χ3v) is 3.64. The molecule has 0 aromatic carbocycles. The first-order chi connectivity index (χ1) is 8.18. The van der Waals surface area contributed by atoms with Crippen molar-refractivity contribution in [1.29, 1.82) is 0 Å². The van der Waals surface area contributed by atoms with Crippen molar-refractivity contribution in [3.63, 3.8) is 0 Å². The number of aromatic nitrogens is 3. The summed E-state index contributed by atoms with van der Waals surface area (Å²) in [5.41, 5.74) is 0. The Hall–Kier alpha value is -1.08. The van der Waals surface area contributed by atoms with Crippen LogP contribution in [-0.2, 0) is 9.53 Å². The van der Waals surface area contributed by atoms with Crippen LogP contribution in [0.4, 0.5) is 0 Å². The molecule has 0 bridgehead atoms. The van der Waals surface area contributed by atoms with E-state index in [2.05, 4.69) is 10.2 Å². The molecular formula is C10H15N3O3S. The molecule has 0 aliphatic carbocycles. The van der Waals surface area contributed by atoms with Gasteiger partial charge in [0.1, 0.15) is 5.82 Å². The molecule has 0 amide bonds. The van der Waals surface area contributed by atoms with Crippen molar-refractivity contribution >= 4 is 17.7 Å². The van der Waals surface area contributed by atoms with Gasteiger partial charge in [0.15, 0.2) is 5.16 Å². The van der Waals surface area contributed by atoms with Gasteiger partial charge in [-0.3, -0.25) is 4.79 Å². The van der Waals surface area contributed by atoms with Crippen LogP contribution in [0.25, 0.3) is 0 Å². The molecule has 0 unspecified atom stereocenters. The van der Waals surface area contributed by atoms with Gasteiger partial charge in [-0.15, -0.1) is 10.2 Å². The van der Waals surface area contributed by atoms with E-state index >= 15 is 0 Å². The maximum absolute atomic E-state index is 10.6. The Bertz CT molecular complexity index is 402. The highest BCUT2D eigenvalue weighted by Crippen LogP contribution is 2.27. The predicted octanol–water partition coefficient (Wildman–Crippen LogP) is 1.11. The number of thioether (sulfide) groups is 1. The lowest BCUT2D eigenvalue weighted by atomic mass is 10.1. The molecular weight excluding hydrogens is 242 g/mol. The van der Waals surface area contributed by atoms with E-state index in [9.17, 15) is 4.79 Å². The van der Waals surface area contributed by atoms with Crippen LogP contribution in [-0.4, -0.2) is 44.8 Å². The molecule has 2 rings (SSSR count). The minimum absolute atomic E-state index is 0.0152. The molecule has 1 aromatic heterocycles. The van der Waals surface area contributed by atoms with E-state index in [1.165, 1.54) is 11.8 Å². The molecule has 0 saturated carbocycles. The molecule has 6 nitrogen and oxygen atoms in total. The van der Waals surface area contributed by atoms with Crippen LogP contribution in [0.2, 0.25) is 0 Å². The Kier molecular flexibility index (Phi) is 4.01. The fraction of sp³-hybridized carbons (Fsp3) is 0.700. The third kappa shape index (κ3) is 2.98. The second-order valence-electron chi connectivity index (χ2n) is 3.93. The van der Waals surface area contributed by atoms with E-state index < -0.39 is 5.97 Å². The molecule has 1 aliphatic heterocycles. The summed E-state index contributed by atoms with van der Waals surface area (Å²) >= 11 is 1.22. The van der Waals surface area contributed by atoms with E-state index in [4.69, 9.17) is 9.84 Å². The van der Waals surface area contributed by atoms with Crippen LogP contribution in [0.3, 0.4) is 0 Å². The fourth-order valence-electron chi connectivity index (χ4n) is 1.94. The molecule has 1 aliphatic rings. The Morgan fingerprint density at radius 2 is 2.24 bits per heavy atom. The number of ether oxygens (including phenoxy) is 1. The number of hydrogen-bond donors (Lipinski definition) is 1. The summed E-state index contributed by atoms with van der Waals surface area (Å²) in [5.74, 6) is 0.0143. The second-order valence-corrected chi connectivity index (χ2v) is 4.87. The molecule has 1 aromatic rings. The molecule has 7 heteroatoms. The van der Waals surface area contributed by atoms with Gasteiger partial charge >= 0.3 is 5.97 Å². The molecule has 1 N–H and O–H groups in total. The summed E-state index contributed by atoms with van der Waals surface area (Å²) in [6, 6.07) is 0.329. The number of rotatable bonds is 4. The average molecular weight is 257 g/mol. The molecule has 0 atom stereocenters. The summed E-state index contributed by atoms with van der Waals surface area (Å²) in [6.07, 6.45) is 1.86. The van der Waals surface area contributed by atoms with Crippen molar-refractivity contribution < 1.29 is 14.6 Å². The van der Waals surface area contributed by atoms with Crippen LogP contribution in [0.1, 0.15) is 24.7 Å². The minimum Gasteiger partial charge on any atom is -0.481 e. The summed E-state index contributed by atoms with van der Waals surface area (Å²) < 4.78 is 7.36. The van der Waals surface area contributed by atoms with Crippen molar-refractivity contribution in [2.45, 2.75) is 31.0 Å². The maximum atomic E-state index is 10.6. The van der Waals surface area contributed by atoms with Crippen LogP contribution < -0.4 is 0 Å². The largest absolute Gasteiger partial charge is 0.481 e. The number of carboxylic acid groups (broad SMARTS) is 1. The average Bonchev–Trinajstić information content (AvgIpc) is 2.69. The van der Waals surface area contributed by atoms with E-state index in [-0.39, 0.29) is 5.75 Å². The van der Waals surface area contributed by atoms with Crippen molar-refractivity contribution in [2.75, 3.05) is 19.0 Å². The molecule has 2 heterocycles. The van der Waals surface area contributed by atoms with E-state index in [0.717, 1.165) is 31.9 Å². The highest BCUT2D eigenvalue weighted by atomic mass is 32.2. The van der Waals surface area contributed by atoms with Gasteiger partial charge in [0.25, 0.3) is 0 Å². The fourth-order valence-corrected chi connectivity index (χ4v) is 2.71. The topological polar surface area (TPSA) is 77.2 Å². The quantitative estimate of drug-likeness (QED) is 0.814. The lowest BCUT2D eigenvalue weighted by Gasteiger charge is -2.25. The Balaban J connectivity index is 2.13. The highest BCUT2D eigenvalue weighted by Gasteiger charge is 2.21. The van der Waals surface area contributed by atoms with Gasteiger partial charge in [-0.05, 0) is 19.8 Å². The van der Waals surface area contributed by atoms with E-state index in [1.54, 1.807) is 0 Å². The summed E-state index contributed by atoms with van der Waals surface area (Å²) in [6.45, 7) is 3.38. The Morgan fingerprint density at radius 3 is 2.88 bits per heavy atom. The van der Waals surface area contributed by atoms with Gasteiger partial charge < -0.3 is 14.4 Å². The van der Waals surface area contributed by atoms with Gasteiger partial charge in [0.05, 0.1) is 5.75 Å². The molecule has 1 fully saturated rings. The van der Waals surface area contributed by atoms with Gasteiger partial charge in [-0.2, -0.15) is 0 Å². The predicted molar refractivity (Wildman–Crippen MR) is 62.2 cm³/mol. The minimum atomic E-state index is -0.839. The van der Waals surface area contributed by atoms with Crippen LogP contribution >= 0.6 is 11.8 Å². The summed E-state index contributed by atoms with van der Waals surface area (Å²) in [7, 11) is 0. The third-order valence-electron chi connectivity index (χ3n) is 2.72. The first-order valence-electron chi connectivity index (χ1n) is 5.52. The molecule has 0 spiro atoms. The zero-order valence-corrected chi connectivity index (χ0v) is 10.4. The lowest BCUT2D eigenvalue weighted by Crippen LogP contribution is -2.21. The first-order valence-corrected chi connectivity index (χ1v) is 6.51. The zero-order valence-electron chi connectivity index (χ0n) is 9.63. The molecule has 94 valence electrons. The summed E-state index contributed by atoms with van der Waals surface area (Å²) in [5, 5.41) is 17.4. The van der Waals surface area contributed by atoms with Gasteiger partial charge in [-0.25, -0.2) is 0 Å². The number of nitrogens with zero attached hydrogens (tertiary/aromatic N) is 3. The summed E-state index contributed by atoms with van der Waals surface area (Å²) in [4.78, 5) is 10.6. The smallest absolute Gasteiger partial charge is 0.313 e. The van der Waals surface area contributed by atoms with Crippen molar-refractivity contribution in [2.24, 2.45) is 0 Å². The number of carboxylic acids is 1. The number of aliphatic carboxylic acids is 1. The maximum Gasteiger partial charge on any atom is 0.313 e. The van der Waals surface area contributed by atoms with Crippen molar-refractivity contribution in [3.05, 3.63) is 5.82 Å². The zero-order chi connectivity index (χ0) is 12.3. The normalized spacial score (nSPS) is 17.2. The molecule has 0 radical (unpaired) electrons. The van der Waals surface area contributed by atoms with Crippen molar-refractivity contribution in [1.82, 2.24) is 14.8 Å². The first kappa shape index (κ1) is 12.4. The number of carbonyl (C=O) groups is 1. The van der Waals surface area contributed by atoms with Gasteiger partial charge in [0, 0.05) is 19.3 Å². The van der Waals surface area contributed by atoms with Crippen LogP contribution in [0, 0.1) is 6.92 Å². The standard InChI is InChI=1S/C10H15N3O3S/c1-7-11-12-10(17-6-9(14)15)13(7)8-2-4-16-5-3-8/h8H,2-6H2,1H3,(H,14,15). The molecule has 17 heavy (non-hydrogen) atoms. The van der Waals surface area contributed by atoms with Crippen LogP contribution in [0.15, 0.2) is 5.16 Å². The Morgan fingerprint density at radius 1 is 1.53 bits per heavy atom. The number of aryl methyl sites for hydroxylation is 1. The highest BCUT2D eigenvalue weighted by molar-refractivity contribution is 7.99. The van der Waals surface area contributed by atoms with Gasteiger partial charge in [0.2, 0.25) is 0 Å². The molecule has 1 saturated heterocycles. The SMILES string of the molecule is Cc1nnc(SCC(=O)O)n1C1CCOCC1. The van der Waals surface area contributed by atoms with Crippen LogP contribution in [0.5, 0.6) is 0 Å².